The molecule has 8 nitrogen and oxygen atoms in total. The van der Waals surface area contributed by atoms with Crippen molar-refractivity contribution < 1.29 is 23.1 Å². The Morgan fingerprint density at radius 1 is 1.39 bits per heavy atom. The number of nitrogens with zero attached hydrogens (tertiary/aromatic N) is 2. The third kappa shape index (κ3) is 3.40. The third-order valence-corrected chi connectivity index (χ3v) is 5.95. The van der Waals surface area contributed by atoms with Crippen molar-refractivity contribution in [3.05, 3.63) is 18.0 Å². The summed E-state index contributed by atoms with van der Waals surface area (Å²) < 4.78 is 26.7. The second-order valence-corrected chi connectivity index (χ2v) is 8.27. The number of carboxylic acid groups (broad SMARTS) is 1. The number of nitrogens with one attached hydrogen (secondary N) is 1. The van der Waals surface area contributed by atoms with E-state index in [-0.39, 0.29) is 17.0 Å². The van der Waals surface area contributed by atoms with E-state index in [0.717, 1.165) is 10.7 Å². The molecular weight excluding hydrogens is 322 g/mol. The van der Waals surface area contributed by atoms with E-state index in [1.165, 1.54) is 30.9 Å². The van der Waals surface area contributed by atoms with Gasteiger partial charge in [-0.1, -0.05) is 0 Å². The van der Waals surface area contributed by atoms with Gasteiger partial charge in [-0.2, -0.15) is 0 Å². The fourth-order valence-corrected chi connectivity index (χ4v) is 3.63. The molecule has 2 rings (SSSR count). The molecule has 1 aromatic heterocycles. The molecule has 0 atom stereocenters. The average molecular weight is 343 g/mol. The minimum Gasteiger partial charge on any atom is -0.481 e. The zero-order valence-corrected chi connectivity index (χ0v) is 14.2. The summed E-state index contributed by atoms with van der Waals surface area (Å²) in [5, 5.41) is 11.7. The van der Waals surface area contributed by atoms with Gasteiger partial charge in [-0.15, -0.1) is 0 Å². The van der Waals surface area contributed by atoms with Crippen LogP contribution in [0.1, 0.15) is 36.2 Å². The van der Waals surface area contributed by atoms with E-state index in [0.29, 0.717) is 12.8 Å². The van der Waals surface area contributed by atoms with Crippen molar-refractivity contribution in [1.29, 1.82) is 0 Å². The molecular formula is C14H21N3O5S. The fourth-order valence-electron chi connectivity index (χ4n) is 2.66. The van der Waals surface area contributed by atoms with Gasteiger partial charge in [0, 0.05) is 27.3 Å². The average Bonchev–Trinajstić information content (AvgIpc) is 2.78. The Hall–Kier alpha value is -1.87. The highest BCUT2D eigenvalue weighted by atomic mass is 32.2. The number of aliphatic carboxylic acids is 1. The molecule has 23 heavy (non-hydrogen) atoms. The van der Waals surface area contributed by atoms with Crippen molar-refractivity contribution >= 4 is 21.9 Å². The van der Waals surface area contributed by atoms with Crippen LogP contribution in [0.5, 0.6) is 0 Å². The van der Waals surface area contributed by atoms with E-state index in [2.05, 4.69) is 5.32 Å². The highest BCUT2D eigenvalue weighted by molar-refractivity contribution is 7.89. The minimum absolute atomic E-state index is 0.0241. The van der Waals surface area contributed by atoms with E-state index in [1.54, 1.807) is 7.05 Å². The first-order chi connectivity index (χ1) is 10.6. The number of amides is 1. The second-order valence-electron chi connectivity index (χ2n) is 6.12. The molecule has 9 heteroatoms. The van der Waals surface area contributed by atoms with Gasteiger partial charge in [0.15, 0.2) is 0 Å². The number of aromatic nitrogens is 1. The summed E-state index contributed by atoms with van der Waals surface area (Å²) >= 11 is 0. The van der Waals surface area contributed by atoms with Crippen LogP contribution in [0.25, 0.3) is 0 Å². The first kappa shape index (κ1) is 17.5. The topological polar surface area (TPSA) is 109 Å². The number of hydrogen-bond donors (Lipinski definition) is 2. The van der Waals surface area contributed by atoms with Gasteiger partial charge in [-0.3, -0.25) is 9.59 Å². The van der Waals surface area contributed by atoms with Crippen LogP contribution in [0.3, 0.4) is 0 Å². The highest BCUT2D eigenvalue weighted by Gasteiger charge is 2.41. The maximum absolute atomic E-state index is 12.4. The molecule has 1 amide bonds. The SMILES string of the molecule is CN(C)S(=O)(=O)c1cc(C(=O)NC2(CC(=O)O)CCC2)n(C)c1. The summed E-state index contributed by atoms with van der Waals surface area (Å²) in [6.45, 7) is 0. The summed E-state index contributed by atoms with van der Waals surface area (Å²) in [5.74, 6) is -1.43. The molecule has 0 spiro atoms. The molecule has 1 aliphatic rings. The Labute approximate surface area is 135 Å². The van der Waals surface area contributed by atoms with Crippen LogP contribution in [0.15, 0.2) is 17.2 Å². The lowest BCUT2D eigenvalue weighted by Crippen LogP contribution is -2.54. The Morgan fingerprint density at radius 2 is 2.00 bits per heavy atom. The number of rotatable bonds is 6. The minimum atomic E-state index is -3.63. The van der Waals surface area contributed by atoms with Gasteiger partial charge in [-0.05, 0) is 25.3 Å². The lowest BCUT2D eigenvalue weighted by atomic mass is 9.74. The maximum Gasteiger partial charge on any atom is 0.305 e. The Morgan fingerprint density at radius 3 is 2.43 bits per heavy atom. The van der Waals surface area contributed by atoms with Crippen LogP contribution >= 0.6 is 0 Å². The summed E-state index contributed by atoms with van der Waals surface area (Å²) in [4.78, 5) is 23.4. The zero-order valence-electron chi connectivity index (χ0n) is 13.4. The molecule has 1 aromatic rings. The fraction of sp³-hybridized carbons (Fsp3) is 0.571. The Balaban J connectivity index is 2.24. The lowest BCUT2D eigenvalue weighted by molar-refractivity contribution is -0.139. The van der Waals surface area contributed by atoms with Crippen molar-refractivity contribution in [1.82, 2.24) is 14.2 Å². The van der Waals surface area contributed by atoms with Crippen molar-refractivity contribution in [3.8, 4) is 0 Å². The summed E-state index contributed by atoms with van der Waals surface area (Å²) in [6, 6.07) is 1.30. The maximum atomic E-state index is 12.4. The van der Waals surface area contributed by atoms with Crippen molar-refractivity contribution in [2.45, 2.75) is 36.1 Å². The zero-order chi connectivity index (χ0) is 17.4. The second kappa shape index (κ2) is 5.97. The normalized spacial score (nSPS) is 16.9. The molecule has 0 saturated heterocycles. The standard InChI is InChI=1S/C14H21N3O5S/c1-16(2)23(21,22)10-7-11(17(3)9-10)13(20)15-14(5-4-6-14)8-12(18)19/h7,9H,4-6,8H2,1-3H3,(H,15,20)(H,18,19). The number of hydrogen-bond acceptors (Lipinski definition) is 4. The number of carbonyl (C=O) groups is 2. The number of sulfonamides is 1. The van der Waals surface area contributed by atoms with E-state index >= 15 is 0 Å². The lowest BCUT2D eigenvalue weighted by Gasteiger charge is -2.41. The summed E-state index contributed by atoms with van der Waals surface area (Å²) in [6.07, 6.45) is 3.32. The van der Waals surface area contributed by atoms with Gasteiger partial charge in [-0.25, -0.2) is 12.7 Å². The van der Waals surface area contributed by atoms with Gasteiger partial charge in [0.05, 0.1) is 12.0 Å². The third-order valence-electron chi connectivity index (χ3n) is 4.17. The first-order valence-corrected chi connectivity index (χ1v) is 8.65. The smallest absolute Gasteiger partial charge is 0.305 e. The molecule has 0 aliphatic heterocycles. The van der Waals surface area contributed by atoms with Crippen molar-refractivity contribution in [2.75, 3.05) is 14.1 Å². The van der Waals surface area contributed by atoms with Gasteiger partial charge in [0.25, 0.3) is 5.91 Å². The molecule has 1 aliphatic carbocycles. The van der Waals surface area contributed by atoms with Crippen LogP contribution in [0.4, 0.5) is 0 Å². The molecule has 0 radical (unpaired) electrons. The number of carboxylic acids is 1. The quantitative estimate of drug-likeness (QED) is 0.777. The first-order valence-electron chi connectivity index (χ1n) is 7.21. The Kier molecular flexibility index (Phi) is 4.54. The summed E-state index contributed by atoms with van der Waals surface area (Å²) in [5.41, 5.74) is -0.546. The van der Waals surface area contributed by atoms with E-state index < -0.39 is 27.4 Å². The molecule has 0 bridgehead atoms. The molecule has 0 unspecified atom stereocenters. The van der Waals surface area contributed by atoms with Crippen molar-refractivity contribution in [3.63, 3.8) is 0 Å². The van der Waals surface area contributed by atoms with E-state index in [1.807, 2.05) is 0 Å². The molecule has 128 valence electrons. The monoisotopic (exact) mass is 343 g/mol. The van der Waals surface area contributed by atoms with Crippen molar-refractivity contribution in [2.24, 2.45) is 7.05 Å². The molecule has 1 fully saturated rings. The van der Waals surface area contributed by atoms with Gasteiger partial charge in [0.2, 0.25) is 10.0 Å². The predicted molar refractivity (Wildman–Crippen MR) is 82.6 cm³/mol. The molecule has 2 N–H and O–H groups in total. The highest BCUT2D eigenvalue weighted by Crippen LogP contribution is 2.35. The molecule has 1 saturated carbocycles. The van der Waals surface area contributed by atoms with Crippen LogP contribution < -0.4 is 5.32 Å². The van der Waals surface area contributed by atoms with Crippen LogP contribution in [-0.2, 0) is 21.9 Å². The van der Waals surface area contributed by atoms with E-state index in [4.69, 9.17) is 5.11 Å². The largest absolute Gasteiger partial charge is 0.481 e. The number of aryl methyl sites for hydroxylation is 1. The van der Waals surface area contributed by atoms with Gasteiger partial charge >= 0.3 is 5.97 Å². The van der Waals surface area contributed by atoms with Crippen LogP contribution in [-0.4, -0.2) is 53.9 Å². The van der Waals surface area contributed by atoms with Gasteiger partial charge in [0.1, 0.15) is 10.6 Å². The van der Waals surface area contributed by atoms with Gasteiger partial charge < -0.3 is 15.0 Å². The number of carbonyl (C=O) groups excluding carboxylic acids is 1. The van der Waals surface area contributed by atoms with E-state index in [9.17, 15) is 18.0 Å². The van der Waals surface area contributed by atoms with Crippen LogP contribution in [0, 0.1) is 0 Å². The molecule has 1 heterocycles. The predicted octanol–water partition coefficient (Wildman–Crippen LogP) is 0.403. The Bertz CT molecular complexity index is 732. The molecule has 0 aromatic carbocycles. The van der Waals surface area contributed by atoms with Crippen LogP contribution in [0.2, 0.25) is 0 Å². The summed E-state index contributed by atoms with van der Waals surface area (Å²) in [7, 11) is 0.780.